The highest BCUT2D eigenvalue weighted by atomic mass is 32.2. The molecule has 0 aromatic heterocycles. The van der Waals surface area contributed by atoms with Gasteiger partial charge in [-0.2, -0.15) is 0 Å². The normalized spacial score (nSPS) is 18.4. The fourth-order valence-corrected chi connectivity index (χ4v) is 4.95. The Morgan fingerprint density at radius 1 is 1.16 bits per heavy atom. The Balaban J connectivity index is 2.35. The van der Waals surface area contributed by atoms with Crippen LogP contribution in [0.25, 0.3) is 0 Å². The fourth-order valence-electron chi connectivity index (χ4n) is 3.00. The van der Waals surface area contributed by atoms with E-state index in [1.165, 1.54) is 25.7 Å². The molecule has 0 saturated carbocycles. The second-order valence-electron chi connectivity index (χ2n) is 6.91. The lowest BCUT2D eigenvalue weighted by Gasteiger charge is -2.37. The van der Waals surface area contributed by atoms with Crippen LogP contribution in [0, 0.1) is 0 Å². The van der Waals surface area contributed by atoms with Crippen LogP contribution in [-0.4, -0.2) is 61.3 Å². The van der Waals surface area contributed by atoms with Gasteiger partial charge in [0, 0.05) is 13.1 Å². The predicted octanol–water partition coefficient (Wildman–Crippen LogP) is 1.15. The third-order valence-corrected chi connectivity index (χ3v) is 7.61. The fraction of sp³-hybridized carbons (Fsp3) is 0.556. The molecule has 1 heterocycles. The zero-order valence-electron chi connectivity index (χ0n) is 14.8. The van der Waals surface area contributed by atoms with Crippen molar-refractivity contribution in [1.29, 1.82) is 0 Å². The third kappa shape index (κ3) is 3.62. The first-order valence-corrected chi connectivity index (χ1v) is 9.68. The molecule has 1 saturated heterocycles. The average molecular weight is 366 g/mol. The minimum Gasteiger partial charge on any atom is -0.378 e. The zero-order chi connectivity index (χ0) is 18.7. The molecule has 1 aromatic rings. The molecule has 137 valence electrons. The Morgan fingerprint density at radius 2 is 1.72 bits per heavy atom. The van der Waals surface area contributed by atoms with E-state index in [0.717, 1.165) is 0 Å². The summed E-state index contributed by atoms with van der Waals surface area (Å²) in [6, 6.07) is 8.87. The van der Waals surface area contributed by atoms with Gasteiger partial charge in [-0.3, -0.25) is 9.59 Å². The van der Waals surface area contributed by atoms with Gasteiger partial charge >= 0.3 is 0 Å². The van der Waals surface area contributed by atoms with E-state index in [1.807, 2.05) is 6.07 Å². The smallest absolute Gasteiger partial charge is 0.243 e. The molecule has 7 heteroatoms. The Hall–Kier alpha value is -1.73. The largest absolute Gasteiger partial charge is 0.378 e. The maximum Gasteiger partial charge on any atom is 0.243 e. The van der Waals surface area contributed by atoms with Gasteiger partial charge in [0.15, 0.2) is 9.84 Å². The van der Waals surface area contributed by atoms with Gasteiger partial charge in [-0.05, 0) is 32.8 Å². The number of benzene rings is 1. The molecule has 1 unspecified atom stereocenters. The standard InChI is InChI=1S/C18H24NO5S/c1-17(2,16(21)19-9-11-24-12-10-19)25(22,23)18(3,14-20)13-15-7-5-4-6-8-15/h4-8H,9-13H2,1-3H3. The molecule has 0 aliphatic carbocycles. The van der Waals surface area contributed by atoms with Crippen LogP contribution in [0.3, 0.4) is 0 Å². The van der Waals surface area contributed by atoms with Gasteiger partial charge in [-0.15, -0.1) is 0 Å². The van der Waals surface area contributed by atoms with Crippen molar-refractivity contribution in [2.24, 2.45) is 0 Å². The number of morpholine rings is 1. The number of amides is 1. The Kier molecular flexibility index (Phi) is 5.68. The summed E-state index contributed by atoms with van der Waals surface area (Å²) in [6.45, 7) is 5.50. The van der Waals surface area contributed by atoms with Crippen molar-refractivity contribution in [3.63, 3.8) is 0 Å². The minimum absolute atomic E-state index is 0.0283. The molecule has 25 heavy (non-hydrogen) atoms. The van der Waals surface area contributed by atoms with Crippen molar-refractivity contribution in [2.45, 2.75) is 36.7 Å². The van der Waals surface area contributed by atoms with E-state index in [9.17, 15) is 18.0 Å². The summed E-state index contributed by atoms with van der Waals surface area (Å²) in [5, 5.41) is 0. The van der Waals surface area contributed by atoms with Gasteiger partial charge in [0.25, 0.3) is 0 Å². The first-order chi connectivity index (χ1) is 11.7. The molecular weight excluding hydrogens is 342 g/mol. The molecule has 2 rings (SSSR count). The first-order valence-electron chi connectivity index (χ1n) is 8.20. The Morgan fingerprint density at radius 3 is 2.24 bits per heavy atom. The quantitative estimate of drug-likeness (QED) is 0.754. The maximum absolute atomic E-state index is 13.3. The summed E-state index contributed by atoms with van der Waals surface area (Å²) in [6.07, 6.45) is 1.67. The summed E-state index contributed by atoms with van der Waals surface area (Å²) in [5.74, 6) is -0.509. The number of hydrogen-bond acceptors (Lipinski definition) is 5. The zero-order valence-corrected chi connectivity index (χ0v) is 15.6. The number of hydrogen-bond donors (Lipinski definition) is 0. The lowest BCUT2D eigenvalue weighted by atomic mass is 10.0. The lowest BCUT2D eigenvalue weighted by Crippen LogP contribution is -2.59. The van der Waals surface area contributed by atoms with E-state index in [-0.39, 0.29) is 6.42 Å². The molecule has 1 aliphatic rings. The van der Waals surface area contributed by atoms with Crippen LogP contribution in [0.1, 0.15) is 26.3 Å². The number of sulfone groups is 1. The predicted molar refractivity (Wildman–Crippen MR) is 94.6 cm³/mol. The van der Waals surface area contributed by atoms with Crippen molar-refractivity contribution < 1.29 is 22.7 Å². The molecule has 0 N–H and O–H groups in total. The third-order valence-electron chi connectivity index (χ3n) is 4.68. The summed E-state index contributed by atoms with van der Waals surface area (Å²) in [5.41, 5.74) is 0.701. The van der Waals surface area contributed by atoms with Crippen LogP contribution in [0.15, 0.2) is 30.3 Å². The van der Waals surface area contributed by atoms with E-state index in [2.05, 4.69) is 0 Å². The van der Waals surface area contributed by atoms with Crippen molar-refractivity contribution in [3.8, 4) is 0 Å². The summed E-state index contributed by atoms with van der Waals surface area (Å²) >= 11 is 0. The van der Waals surface area contributed by atoms with Crippen LogP contribution in [0.2, 0.25) is 0 Å². The molecule has 1 fully saturated rings. The minimum atomic E-state index is -4.15. The van der Waals surface area contributed by atoms with E-state index >= 15 is 0 Å². The highest BCUT2D eigenvalue weighted by molar-refractivity contribution is 7.95. The molecule has 1 aromatic carbocycles. The van der Waals surface area contributed by atoms with Crippen molar-refractivity contribution in [1.82, 2.24) is 4.90 Å². The van der Waals surface area contributed by atoms with Gasteiger partial charge in [-0.25, -0.2) is 8.42 Å². The summed E-state index contributed by atoms with van der Waals surface area (Å²) in [4.78, 5) is 26.0. The lowest BCUT2D eigenvalue weighted by molar-refractivity contribution is -0.137. The number of rotatable bonds is 6. The van der Waals surface area contributed by atoms with Crippen LogP contribution in [0.4, 0.5) is 0 Å². The second-order valence-corrected chi connectivity index (χ2v) is 9.84. The van der Waals surface area contributed by atoms with Crippen molar-refractivity contribution in [3.05, 3.63) is 35.9 Å². The number of ether oxygens (including phenoxy) is 1. The van der Waals surface area contributed by atoms with E-state index in [1.54, 1.807) is 30.6 Å². The molecule has 1 radical (unpaired) electrons. The number of carbonyl (C=O) groups excluding carboxylic acids is 2. The molecule has 0 bridgehead atoms. The highest BCUT2D eigenvalue weighted by Gasteiger charge is 2.54. The summed E-state index contributed by atoms with van der Waals surface area (Å²) < 4.78 is 28.2. The number of carbonyl (C=O) groups is 1. The van der Waals surface area contributed by atoms with Crippen LogP contribution in [-0.2, 0) is 30.6 Å². The molecule has 1 amide bonds. The second kappa shape index (κ2) is 7.25. The van der Waals surface area contributed by atoms with Crippen LogP contribution >= 0.6 is 0 Å². The van der Waals surface area contributed by atoms with Gasteiger partial charge in [0.1, 0.15) is 9.49 Å². The Bertz CT molecular complexity index is 723. The summed E-state index contributed by atoms with van der Waals surface area (Å²) in [7, 11) is -4.15. The van der Waals surface area contributed by atoms with Crippen LogP contribution < -0.4 is 0 Å². The molecule has 1 aliphatic heterocycles. The van der Waals surface area contributed by atoms with Gasteiger partial charge in [-0.1, -0.05) is 30.3 Å². The van der Waals surface area contributed by atoms with E-state index in [4.69, 9.17) is 4.74 Å². The number of nitrogens with zero attached hydrogens (tertiary/aromatic N) is 1. The van der Waals surface area contributed by atoms with Gasteiger partial charge in [0.05, 0.1) is 13.2 Å². The van der Waals surface area contributed by atoms with Crippen molar-refractivity contribution >= 4 is 22.0 Å². The molecule has 0 spiro atoms. The molecule has 1 atom stereocenters. The van der Waals surface area contributed by atoms with E-state index in [0.29, 0.717) is 31.9 Å². The van der Waals surface area contributed by atoms with Crippen molar-refractivity contribution in [2.75, 3.05) is 26.3 Å². The Labute approximate surface area is 149 Å². The molecule has 6 nitrogen and oxygen atoms in total. The highest BCUT2D eigenvalue weighted by Crippen LogP contribution is 2.33. The first kappa shape index (κ1) is 19.6. The van der Waals surface area contributed by atoms with Gasteiger partial charge in [0.2, 0.25) is 12.2 Å². The average Bonchev–Trinajstić information content (AvgIpc) is 2.62. The topological polar surface area (TPSA) is 80.8 Å². The van der Waals surface area contributed by atoms with Crippen LogP contribution in [0.5, 0.6) is 0 Å². The van der Waals surface area contributed by atoms with E-state index < -0.39 is 25.2 Å². The monoisotopic (exact) mass is 366 g/mol. The van der Waals surface area contributed by atoms with Gasteiger partial charge < -0.3 is 9.64 Å². The maximum atomic E-state index is 13.3. The SMILES string of the molecule is CC([C]=O)(Cc1ccccc1)S(=O)(=O)C(C)(C)C(=O)N1CCOCC1. The molecular formula is C18H24NO5S.